The Balaban J connectivity index is 1.33. The van der Waals surface area contributed by atoms with Gasteiger partial charge < -0.3 is 33.6 Å². The molecule has 0 aliphatic carbocycles. The number of fused-ring (bicyclic) bond motifs is 1. The number of H-pyrrole nitrogens is 1. The first-order valence-corrected chi connectivity index (χ1v) is 14.0. The molecule has 0 saturated carbocycles. The van der Waals surface area contributed by atoms with Crippen LogP contribution in [0.15, 0.2) is 59.7 Å². The monoisotopic (exact) mass is 571 g/mol. The maximum Gasteiger partial charge on any atom is 0.356 e. The molecule has 40 heavy (non-hydrogen) atoms. The van der Waals surface area contributed by atoms with Crippen LogP contribution in [0.1, 0.15) is 17.5 Å². The number of aromatic amines is 1. The summed E-state index contributed by atoms with van der Waals surface area (Å²) in [5, 5.41) is 0. The number of nitrogens with one attached hydrogen (secondary N) is 1. The second kappa shape index (κ2) is 13.4. The van der Waals surface area contributed by atoms with E-state index < -0.39 is 19.1 Å². The molecule has 0 amide bonds. The van der Waals surface area contributed by atoms with E-state index in [0.717, 1.165) is 11.1 Å². The highest BCUT2D eigenvalue weighted by molar-refractivity contribution is 7.53. The largest absolute Gasteiger partial charge is 0.497 e. The Morgan fingerprint density at radius 2 is 1.77 bits per heavy atom. The van der Waals surface area contributed by atoms with E-state index >= 15 is 0 Å². The number of rotatable bonds is 14. The van der Waals surface area contributed by atoms with Crippen LogP contribution in [0, 0.1) is 6.92 Å². The molecule has 0 aliphatic heterocycles. The van der Waals surface area contributed by atoms with Gasteiger partial charge in [-0.1, -0.05) is 29.8 Å². The fourth-order valence-electron chi connectivity index (χ4n) is 3.54. The zero-order valence-corrected chi connectivity index (χ0v) is 23.0. The van der Waals surface area contributed by atoms with Crippen molar-refractivity contribution < 1.29 is 32.6 Å². The first-order valence-electron chi connectivity index (χ1n) is 12.3. The zero-order chi connectivity index (χ0) is 28.5. The lowest BCUT2D eigenvalue weighted by Crippen LogP contribution is -2.14. The number of esters is 1. The van der Waals surface area contributed by atoms with E-state index in [-0.39, 0.29) is 50.6 Å². The number of aromatic nitrogens is 4. The number of carbonyl (C=O) groups excluding carboxylic acids is 1. The number of imidazole rings is 1. The van der Waals surface area contributed by atoms with Gasteiger partial charge in [0, 0.05) is 6.54 Å². The van der Waals surface area contributed by atoms with Crippen molar-refractivity contribution >= 4 is 30.7 Å². The van der Waals surface area contributed by atoms with E-state index in [1.54, 1.807) is 28.8 Å². The Bertz CT molecular complexity index is 1540. The number of hydrogen-bond acceptors (Lipinski definition) is 11. The highest BCUT2D eigenvalue weighted by Gasteiger charge is 2.26. The van der Waals surface area contributed by atoms with Gasteiger partial charge in [0.05, 0.1) is 39.7 Å². The number of methoxy groups -OCH3 is 1. The van der Waals surface area contributed by atoms with Gasteiger partial charge in [0.15, 0.2) is 11.2 Å². The topological polar surface area (TPSA) is 170 Å². The molecule has 212 valence electrons. The van der Waals surface area contributed by atoms with Gasteiger partial charge in [-0.05, 0) is 36.8 Å². The van der Waals surface area contributed by atoms with Crippen molar-refractivity contribution in [2.75, 3.05) is 32.4 Å². The summed E-state index contributed by atoms with van der Waals surface area (Å²) < 4.78 is 42.3. The highest BCUT2D eigenvalue weighted by atomic mass is 31.2. The van der Waals surface area contributed by atoms with Crippen LogP contribution in [0.25, 0.3) is 11.2 Å². The second-order valence-electron chi connectivity index (χ2n) is 8.70. The third kappa shape index (κ3) is 7.99. The number of hydrogen-bond donors (Lipinski definition) is 2. The number of benzene rings is 2. The minimum atomic E-state index is -3.78. The van der Waals surface area contributed by atoms with Crippen LogP contribution in [0.5, 0.6) is 11.5 Å². The van der Waals surface area contributed by atoms with Gasteiger partial charge in [-0.25, -0.2) is 4.98 Å². The Hall–Kier alpha value is -4.03. The molecule has 1 unspecified atom stereocenters. The van der Waals surface area contributed by atoms with Crippen LogP contribution in [-0.2, 0) is 36.3 Å². The maximum atomic E-state index is 13.5. The number of anilines is 1. The molecular formula is C26H30N5O8P. The molecule has 1 atom stereocenters. The van der Waals surface area contributed by atoms with Gasteiger partial charge in [-0.15, -0.1) is 0 Å². The standard InChI is InChI=1S/C26H30N5O8P/c1-18-3-5-19(6-4-18)15-38-40(34,37-13-11-22(32)39-21-9-7-20(35-2)8-10-21)17-36-14-12-31-16-28-23-24(31)29-26(27)30-25(23)33/h3-10,16H,11-15,17H2,1-2H3,(H3,27,29,30,33). The first-order chi connectivity index (χ1) is 19.2. The van der Waals surface area contributed by atoms with E-state index in [4.69, 9.17) is 29.0 Å². The molecule has 4 rings (SSSR count). The molecule has 2 aromatic carbocycles. The Morgan fingerprint density at radius 1 is 1.05 bits per heavy atom. The molecule has 3 N–H and O–H groups in total. The Morgan fingerprint density at radius 3 is 2.50 bits per heavy atom. The van der Waals surface area contributed by atoms with Crippen LogP contribution >= 0.6 is 7.60 Å². The minimum Gasteiger partial charge on any atom is -0.497 e. The molecule has 4 aromatic rings. The molecule has 14 heteroatoms. The number of carbonyl (C=O) groups is 1. The van der Waals surface area contributed by atoms with E-state index in [1.165, 1.54) is 13.4 Å². The van der Waals surface area contributed by atoms with Crippen LogP contribution in [0.4, 0.5) is 5.95 Å². The molecule has 0 saturated heterocycles. The SMILES string of the molecule is COc1ccc(OC(=O)CCOP(=O)(COCCn2cnc3c(=O)[nH]c(N)nc32)OCc2ccc(C)cc2)cc1. The first kappa shape index (κ1) is 29.0. The van der Waals surface area contributed by atoms with Crippen LogP contribution < -0.4 is 20.8 Å². The summed E-state index contributed by atoms with van der Waals surface area (Å²) >= 11 is 0. The number of aryl methyl sites for hydroxylation is 1. The minimum absolute atomic E-state index is 0.0232. The van der Waals surface area contributed by atoms with Crippen molar-refractivity contribution in [1.29, 1.82) is 0 Å². The number of nitrogen functional groups attached to an aromatic ring is 1. The van der Waals surface area contributed by atoms with Gasteiger partial charge in [-0.2, -0.15) is 4.98 Å². The molecule has 13 nitrogen and oxygen atoms in total. The third-order valence-electron chi connectivity index (χ3n) is 5.65. The van der Waals surface area contributed by atoms with Crippen molar-refractivity contribution in [3.63, 3.8) is 0 Å². The molecule has 0 bridgehead atoms. The lowest BCUT2D eigenvalue weighted by Gasteiger charge is -2.19. The van der Waals surface area contributed by atoms with Crippen molar-refractivity contribution in [2.24, 2.45) is 0 Å². The van der Waals surface area contributed by atoms with Gasteiger partial charge in [0.25, 0.3) is 5.56 Å². The quantitative estimate of drug-likeness (QED) is 0.0984. The van der Waals surface area contributed by atoms with E-state index in [0.29, 0.717) is 17.1 Å². The predicted octanol–water partition coefficient (Wildman–Crippen LogP) is 3.42. The highest BCUT2D eigenvalue weighted by Crippen LogP contribution is 2.49. The third-order valence-corrected chi connectivity index (χ3v) is 7.25. The van der Waals surface area contributed by atoms with Crippen LogP contribution in [0.3, 0.4) is 0 Å². The lowest BCUT2D eigenvalue weighted by atomic mass is 10.2. The lowest BCUT2D eigenvalue weighted by molar-refractivity contribution is -0.134. The summed E-state index contributed by atoms with van der Waals surface area (Å²) in [6.07, 6.45) is 0.913. The Kier molecular flexibility index (Phi) is 9.67. The van der Waals surface area contributed by atoms with Gasteiger partial charge in [0.1, 0.15) is 17.8 Å². The summed E-state index contributed by atoms with van der Waals surface area (Å²) in [5.41, 5.74) is 7.50. The zero-order valence-electron chi connectivity index (χ0n) is 22.1. The molecular weight excluding hydrogens is 541 g/mol. The van der Waals surface area contributed by atoms with Gasteiger partial charge in [0.2, 0.25) is 5.95 Å². The summed E-state index contributed by atoms with van der Waals surface area (Å²) in [6, 6.07) is 14.1. The van der Waals surface area contributed by atoms with Crippen molar-refractivity contribution in [2.45, 2.75) is 26.5 Å². The summed E-state index contributed by atoms with van der Waals surface area (Å²) in [7, 11) is -2.24. The number of ether oxygens (including phenoxy) is 3. The molecule has 2 aromatic heterocycles. The van der Waals surface area contributed by atoms with Crippen molar-refractivity contribution in [1.82, 2.24) is 19.5 Å². The van der Waals surface area contributed by atoms with Gasteiger partial charge in [-0.3, -0.25) is 19.1 Å². The molecule has 0 aliphatic rings. The number of nitrogens with two attached hydrogens (primary N) is 1. The fraction of sp³-hybridized carbons (Fsp3) is 0.308. The summed E-state index contributed by atoms with van der Waals surface area (Å²) in [6.45, 7) is 2.11. The van der Waals surface area contributed by atoms with Crippen LogP contribution in [-0.4, -0.2) is 52.2 Å². The second-order valence-corrected chi connectivity index (χ2v) is 10.7. The predicted molar refractivity (Wildman–Crippen MR) is 146 cm³/mol. The normalized spacial score (nSPS) is 12.8. The summed E-state index contributed by atoms with van der Waals surface area (Å²) in [5.74, 6) is 0.376. The van der Waals surface area contributed by atoms with Gasteiger partial charge >= 0.3 is 13.6 Å². The van der Waals surface area contributed by atoms with Crippen molar-refractivity contribution in [3.05, 3.63) is 76.3 Å². The van der Waals surface area contributed by atoms with E-state index in [1.807, 2.05) is 31.2 Å². The summed E-state index contributed by atoms with van der Waals surface area (Å²) in [4.78, 5) is 34.8. The van der Waals surface area contributed by atoms with E-state index in [2.05, 4.69) is 15.0 Å². The van der Waals surface area contributed by atoms with Crippen molar-refractivity contribution in [3.8, 4) is 11.5 Å². The van der Waals surface area contributed by atoms with Crippen LogP contribution in [0.2, 0.25) is 0 Å². The average molecular weight is 572 g/mol. The average Bonchev–Trinajstić information content (AvgIpc) is 3.34. The van der Waals surface area contributed by atoms with E-state index in [9.17, 15) is 14.2 Å². The Labute approximate surface area is 229 Å². The molecule has 0 radical (unpaired) electrons. The molecule has 2 heterocycles. The molecule has 0 spiro atoms. The smallest absolute Gasteiger partial charge is 0.356 e. The fourth-order valence-corrected chi connectivity index (χ4v) is 4.83. The maximum absolute atomic E-state index is 13.5. The number of nitrogens with zero attached hydrogens (tertiary/aromatic N) is 3. The molecule has 0 fully saturated rings.